The Morgan fingerprint density at radius 3 is 2.36 bits per heavy atom. The van der Waals surface area contributed by atoms with Gasteiger partial charge in [-0.05, 0) is 51.0 Å². The summed E-state index contributed by atoms with van der Waals surface area (Å²) < 4.78 is 18.2. The second-order valence-corrected chi connectivity index (χ2v) is 6.29. The molecule has 1 rings (SSSR count). The van der Waals surface area contributed by atoms with Crippen LogP contribution >= 0.6 is 11.3 Å². The molecule has 1 aromatic rings. The summed E-state index contributed by atoms with van der Waals surface area (Å²) >= 11 is 1.75. The summed E-state index contributed by atoms with van der Waals surface area (Å²) in [5, 5.41) is 0. The number of carbonyl (C=O) groups is 1. The third-order valence-corrected chi connectivity index (χ3v) is 4.38. The number of esters is 1. The van der Waals surface area contributed by atoms with E-state index in [0.717, 1.165) is 5.56 Å². The molecule has 4 heteroatoms. The molecule has 0 amide bonds. The number of thiophene rings is 1. The Balaban J connectivity index is 2.74. The molecule has 0 aliphatic carbocycles. The summed E-state index contributed by atoms with van der Waals surface area (Å²) in [6.45, 7) is 7.82. The van der Waals surface area contributed by atoms with Gasteiger partial charge in [0.2, 0.25) is 0 Å². The van der Waals surface area contributed by atoms with E-state index in [4.69, 9.17) is 0 Å². The minimum Gasteiger partial charge on any atom is -0.466 e. The van der Waals surface area contributed by atoms with E-state index in [9.17, 15) is 9.18 Å². The topological polar surface area (TPSA) is 26.3 Å². The van der Waals surface area contributed by atoms with Crippen molar-refractivity contribution >= 4 is 23.4 Å². The van der Waals surface area contributed by atoms with E-state index in [1.807, 2.05) is 6.08 Å². The zero-order chi connectivity index (χ0) is 16.7. The van der Waals surface area contributed by atoms with Crippen LogP contribution in [0.3, 0.4) is 0 Å². The van der Waals surface area contributed by atoms with Crippen molar-refractivity contribution in [1.82, 2.24) is 0 Å². The Kier molecular flexibility index (Phi) is 6.99. The van der Waals surface area contributed by atoms with Gasteiger partial charge >= 0.3 is 5.97 Å². The standard InChI is InChI=1S/C18H21FO2S/c1-12(18(20)21-5)8-6-9-16(19)10-7-11-17-13(2)14(3)22-15(17)4/h6-11H,1-5H3. The zero-order valence-electron chi connectivity index (χ0n) is 13.6. The maximum Gasteiger partial charge on any atom is 0.333 e. The summed E-state index contributed by atoms with van der Waals surface area (Å²) in [6, 6.07) is 0. The van der Waals surface area contributed by atoms with E-state index in [2.05, 4.69) is 25.5 Å². The minimum atomic E-state index is -0.423. The van der Waals surface area contributed by atoms with Crippen LogP contribution in [-0.4, -0.2) is 13.1 Å². The van der Waals surface area contributed by atoms with E-state index >= 15 is 0 Å². The molecule has 118 valence electrons. The summed E-state index contributed by atoms with van der Waals surface area (Å²) in [4.78, 5) is 13.7. The van der Waals surface area contributed by atoms with E-state index in [0.29, 0.717) is 5.57 Å². The van der Waals surface area contributed by atoms with Crippen LogP contribution in [0.1, 0.15) is 27.8 Å². The van der Waals surface area contributed by atoms with Gasteiger partial charge in [-0.3, -0.25) is 0 Å². The monoisotopic (exact) mass is 320 g/mol. The lowest BCUT2D eigenvalue weighted by molar-refractivity contribution is -0.136. The molecule has 0 unspecified atom stereocenters. The minimum absolute atomic E-state index is 0.382. The van der Waals surface area contributed by atoms with Crippen LogP contribution in [0.15, 0.2) is 41.8 Å². The predicted molar refractivity (Wildman–Crippen MR) is 91.7 cm³/mol. The molecule has 0 aromatic carbocycles. The molecule has 0 atom stereocenters. The number of ether oxygens (including phenoxy) is 1. The van der Waals surface area contributed by atoms with Gasteiger partial charge in [0, 0.05) is 15.3 Å². The molecule has 0 bridgehead atoms. The van der Waals surface area contributed by atoms with Gasteiger partial charge in [0.25, 0.3) is 0 Å². The van der Waals surface area contributed by atoms with Gasteiger partial charge in [0.15, 0.2) is 0 Å². The largest absolute Gasteiger partial charge is 0.466 e. The summed E-state index contributed by atoms with van der Waals surface area (Å²) in [5.74, 6) is -0.805. The molecule has 0 fully saturated rings. The lowest BCUT2D eigenvalue weighted by Crippen LogP contribution is -2.00. The number of methoxy groups -OCH3 is 1. The van der Waals surface area contributed by atoms with Crippen molar-refractivity contribution in [3.63, 3.8) is 0 Å². The maximum atomic E-state index is 13.6. The Labute approximate surface area is 135 Å². The summed E-state index contributed by atoms with van der Waals surface area (Å²) in [6.07, 6.45) is 9.30. The molecule has 0 saturated heterocycles. The maximum absolute atomic E-state index is 13.6. The highest BCUT2D eigenvalue weighted by Gasteiger charge is 2.05. The van der Waals surface area contributed by atoms with Crippen molar-refractivity contribution in [3.8, 4) is 0 Å². The van der Waals surface area contributed by atoms with Crippen LogP contribution < -0.4 is 0 Å². The number of halogens is 1. The number of hydrogen-bond acceptors (Lipinski definition) is 3. The number of carbonyl (C=O) groups excluding carboxylic acids is 1. The van der Waals surface area contributed by atoms with E-state index in [1.54, 1.807) is 24.3 Å². The van der Waals surface area contributed by atoms with Gasteiger partial charge in [0.05, 0.1) is 7.11 Å². The third-order valence-electron chi connectivity index (χ3n) is 3.24. The van der Waals surface area contributed by atoms with Gasteiger partial charge in [-0.1, -0.05) is 24.3 Å². The first-order valence-electron chi connectivity index (χ1n) is 6.90. The van der Waals surface area contributed by atoms with Gasteiger partial charge in [-0.2, -0.15) is 0 Å². The highest BCUT2D eigenvalue weighted by atomic mass is 32.1. The molecule has 0 radical (unpaired) electrons. The SMILES string of the molecule is COC(=O)C(C)=CC=CC(F)=CC=Cc1c(C)sc(C)c1C. The third kappa shape index (κ3) is 5.11. The second-order valence-electron chi connectivity index (χ2n) is 4.86. The van der Waals surface area contributed by atoms with Crippen molar-refractivity contribution in [2.75, 3.05) is 7.11 Å². The van der Waals surface area contributed by atoms with Crippen molar-refractivity contribution in [2.24, 2.45) is 0 Å². The first-order chi connectivity index (χ1) is 10.4. The Morgan fingerprint density at radius 2 is 1.82 bits per heavy atom. The van der Waals surface area contributed by atoms with Crippen LogP contribution in [0.4, 0.5) is 4.39 Å². The molecule has 1 aromatic heterocycles. The average molecular weight is 320 g/mol. The molecule has 0 aliphatic heterocycles. The first kappa shape index (κ1) is 18.1. The highest BCUT2D eigenvalue weighted by molar-refractivity contribution is 7.12. The van der Waals surface area contributed by atoms with Crippen molar-refractivity contribution in [3.05, 3.63) is 62.7 Å². The van der Waals surface area contributed by atoms with E-state index < -0.39 is 5.97 Å². The normalized spacial score (nSPS) is 13.4. The summed E-state index contributed by atoms with van der Waals surface area (Å²) in [5.41, 5.74) is 2.80. The number of hydrogen-bond donors (Lipinski definition) is 0. The predicted octanol–water partition coefficient (Wildman–Crippen LogP) is 5.22. The number of allylic oxidation sites excluding steroid dienone is 6. The van der Waals surface area contributed by atoms with Crippen LogP contribution in [0.5, 0.6) is 0 Å². The number of rotatable bonds is 5. The lowest BCUT2D eigenvalue weighted by Gasteiger charge is -1.95. The number of aryl methyl sites for hydroxylation is 2. The molecular formula is C18H21FO2S. The quantitative estimate of drug-likeness (QED) is 0.422. The van der Waals surface area contributed by atoms with Gasteiger partial charge in [-0.25, -0.2) is 9.18 Å². The van der Waals surface area contributed by atoms with Crippen molar-refractivity contribution in [2.45, 2.75) is 27.7 Å². The van der Waals surface area contributed by atoms with Crippen LogP contribution in [0.2, 0.25) is 0 Å². The Hall–Kier alpha value is -1.94. The zero-order valence-corrected chi connectivity index (χ0v) is 14.4. The van der Waals surface area contributed by atoms with Gasteiger partial charge in [-0.15, -0.1) is 11.3 Å². The summed E-state index contributed by atoms with van der Waals surface area (Å²) in [7, 11) is 1.31. The molecular weight excluding hydrogens is 299 g/mol. The fourth-order valence-electron chi connectivity index (χ4n) is 1.86. The van der Waals surface area contributed by atoms with Crippen molar-refractivity contribution < 1.29 is 13.9 Å². The molecule has 0 aliphatic rings. The fourth-order valence-corrected chi connectivity index (χ4v) is 2.92. The molecule has 0 N–H and O–H groups in total. The molecule has 2 nitrogen and oxygen atoms in total. The van der Waals surface area contributed by atoms with Crippen LogP contribution in [-0.2, 0) is 9.53 Å². The lowest BCUT2D eigenvalue weighted by atomic mass is 10.1. The van der Waals surface area contributed by atoms with Gasteiger partial charge < -0.3 is 4.74 Å². The molecule has 22 heavy (non-hydrogen) atoms. The molecule has 0 saturated carbocycles. The van der Waals surface area contributed by atoms with Crippen molar-refractivity contribution in [1.29, 1.82) is 0 Å². The van der Waals surface area contributed by atoms with E-state index in [-0.39, 0.29) is 5.83 Å². The smallest absolute Gasteiger partial charge is 0.333 e. The second kappa shape index (κ2) is 8.49. The Bertz CT molecular complexity index is 661. The average Bonchev–Trinajstić information content (AvgIpc) is 2.72. The van der Waals surface area contributed by atoms with Crippen LogP contribution in [0, 0.1) is 20.8 Å². The molecule has 0 spiro atoms. The highest BCUT2D eigenvalue weighted by Crippen LogP contribution is 2.27. The van der Waals surface area contributed by atoms with Gasteiger partial charge in [0.1, 0.15) is 5.83 Å². The molecule has 1 heterocycles. The Morgan fingerprint density at radius 1 is 1.14 bits per heavy atom. The van der Waals surface area contributed by atoms with E-state index in [1.165, 1.54) is 46.7 Å². The first-order valence-corrected chi connectivity index (χ1v) is 7.72. The fraction of sp³-hybridized carbons (Fsp3) is 0.278. The van der Waals surface area contributed by atoms with Crippen LogP contribution in [0.25, 0.3) is 6.08 Å².